The van der Waals surface area contributed by atoms with Gasteiger partial charge in [0, 0.05) is 12.5 Å². The standard InChI is InChI=1S/C16H33NO/c1-2-3-4-5-6-7-8-9-10-11-12-13-16(17)14-15-18/h15-16H,2-14,17H2,1H3. The van der Waals surface area contributed by atoms with Crippen LogP contribution in [0.15, 0.2) is 0 Å². The first-order valence-electron chi connectivity index (χ1n) is 8.00. The number of nitrogens with two attached hydrogens (primary N) is 1. The smallest absolute Gasteiger partial charge is 0.121 e. The third-order valence-electron chi connectivity index (χ3n) is 3.58. The number of hydrogen-bond donors (Lipinski definition) is 1. The Bertz CT molecular complexity index is 170. The number of rotatable bonds is 14. The third-order valence-corrected chi connectivity index (χ3v) is 3.58. The van der Waals surface area contributed by atoms with Crippen LogP contribution in [-0.4, -0.2) is 12.3 Å². The normalized spacial score (nSPS) is 12.6. The Morgan fingerprint density at radius 3 is 1.72 bits per heavy atom. The van der Waals surface area contributed by atoms with E-state index in [4.69, 9.17) is 5.73 Å². The van der Waals surface area contributed by atoms with E-state index in [1.54, 1.807) is 0 Å². The van der Waals surface area contributed by atoms with Crippen molar-refractivity contribution in [1.29, 1.82) is 0 Å². The van der Waals surface area contributed by atoms with Crippen molar-refractivity contribution >= 4 is 6.29 Å². The second-order valence-corrected chi connectivity index (χ2v) is 5.49. The molecule has 2 nitrogen and oxygen atoms in total. The molecule has 0 radical (unpaired) electrons. The lowest BCUT2D eigenvalue weighted by Gasteiger charge is -2.07. The summed E-state index contributed by atoms with van der Waals surface area (Å²) in [7, 11) is 0. The molecule has 0 saturated carbocycles. The van der Waals surface area contributed by atoms with Gasteiger partial charge in [-0.3, -0.25) is 0 Å². The Morgan fingerprint density at radius 2 is 1.28 bits per heavy atom. The van der Waals surface area contributed by atoms with Gasteiger partial charge < -0.3 is 10.5 Å². The van der Waals surface area contributed by atoms with Crippen LogP contribution in [-0.2, 0) is 4.79 Å². The molecule has 0 aromatic carbocycles. The SMILES string of the molecule is CCCCCCCCCCCCCC(N)CC=O. The maximum atomic E-state index is 10.2. The summed E-state index contributed by atoms with van der Waals surface area (Å²) in [6.07, 6.45) is 17.5. The van der Waals surface area contributed by atoms with Gasteiger partial charge in [-0.25, -0.2) is 0 Å². The molecule has 108 valence electrons. The Balaban J connectivity index is 3.00. The van der Waals surface area contributed by atoms with E-state index in [1.165, 1.54) is 70.6 Å². The van der Waals surface area contributed by atoms with Gasteiger partial charge in [0.25, 0.3) is 0 Å². The van der Waals surface area contributed by atoms with Crippen molar-refractivity contribution in [1.82, 2.24) is 0 Å². The van der Waals surface area contributed by atoms with Crippen LogP contribution in [0.5, 0.6) is 0 Å². The fourth-order valence-corrected chi connectivity index (χ4v) is 2.31. The molecule has 0 saturated heterocycles. The summed E-state index contributed by atoms with van der Waals surface area (Å²) in [6, 6.07) is 0.0982. The predicted molar refractivity (Wildman–Crippen MR) is 79.7 cm³/mol. The molecule has 0 aliphatic heterocycles. The van der Waals surface area contributed by atoms with Gasteiger partial charge in [0.2, 0.25) is 0 Å². The van der Waals surface area contributed by atoms with E-state index in [0.717, 1.165) is 12.7 Å². The van der Waals surface area contributed by atoms with Crippen LogP contribution in [0.2, 0.25) is 0 Å². The summed E-state index contributed by atoms with van der Waals surface area (Å²) in [5, 5.41) is 0. The Labute approximate surface area is 114 Å². The molecule has 2 N–H and O–H groups in total. The van der Waals surface area contributed by atoms with Gasteiger partial charge in [0.05, 0.1) is 0 Å². The number of carbonyl (C=O) groups excluding carboxylic acids is 1. The summed E-state index contributed by atoms with van der Waals surface area (Å²) in [4.78, 5) is 10.2. The van der Waals surface area contributed by atoms with Crippen LogP contribution in [0.1, 0.15) is 90.4 Å². The van der Waals surface area contributed by atoms with E-state index < -0.39 is 0 Å². The number of aldehydes is 1. The Kier molecular flexibility index (Phi) is 14.4. The minimum absolute atomic E-state index is 0.0982. The topological polar surface area (TPSA) is 43.1 Å². The van der Waals surface area contributed by atoms with Crippen molar-refractivity contribution in [2.24, 2.45) is 5.73 Å². The van der Waals surface area contributed by atoms with Crippen molar-refractivity contribution in [2.45, 2.75) is 96.4 Å². The fourth-order valence-electron chi connectivity index (χ4n) is 2.31. The zero-order chi connectivity index (χ0) is 13.5. The molecule has 2 heteroatoms. The first-order valence-corrected chi connectivity index (χ1v) is 8.00. The van der Waals surface area contributed by atoms with E-state index in [0.29, 0.717) is 6.42 Å². The lowest BCUT2D eigenvalue weighted by atomic mass is 10.0. The molecule has 0 bridgehead atoms. The molecule has 0 amide bonds. The first-order chi connectivity index (χ1) is 8.81. The largest absolute Gasteiger partial charge is 0.327 e. The molecule has 0 heterocycles. The van der Waals surface area contributed by atoms with Crippen molar-refractivity contribution in [3.63, 3.8) is 0 Å². The second-order valence-electron chi connectivity index (χ2n) is 5.49. The average Bonchev–Trinajstić information content (AvgIpc) is 2.36. The average molecular weight is 255 g/mol. The molecule has 0 rings (SSSR count). The van der Waals surface area contributed by atoms with Crippen molar-refractivity contribution < 1.29 is 4.79 Å². The zero-order valence-electron chi connectivity index (χ0n) is 12.3. The minimum atomic E-state index is 0.0982. The van der Waals surface area contributed by atoms with Gasteiger partial charge >= 0.3 is 0 Å². The maximum absolute atomic E-state index is 10.2. The number of unbranched alkanes of at least 4 members (excludes halogenated alkanes) is 10. The maximum Gasteiger partial charge on any atom is 0.121 e. The molecule has 1 unspecified atom stereocenters. The van der Waals surface area contributed by atoms with Crippen molar-refractivity contribution in [3.8, 4) is 0 Å². The minimum Gasteiger partial charge on any atom is -0.327 e. The van der Waals surface area contributed by atoms with E-state index >= 15 is 0 Å². The summed E-state index contributed by atoms with van der Waals surface area (Å²) in [5.74, 6) is 0. The van der Waals surface area contributed by atoms with Gasteiger partial charge in [0.1, 0.15) is 6.29 Å². The first kappa shape index (κ1) is 17.6. The van der Waals surface area contributed by atoms with Gasteiger partial charge in [-0.2, -0.15) is 0 Å². The van der Waals surface area contributed by atoms with Crippen LogP contribution < -0.4 is 5.73 Å². The highest BCUT2D eigenvalue weighted by atomic mass is 16.1. The lowest BCUT2D eigenvalue weighted by Crippen LogP contribution is -2.19. The molecule has 0 fully saturated rings. The molecule has 0 aromatic rings. The molecular weight excluding hydrogens is 222 g/mol. The van der Waals surface area contributed by atoms with Crippen LogP contribution in [0.25, 0.3) is 0 Å². The highest BCUT2D eigenvalue weighted by Crippen LogP contribution is 2.12. The summed E-state index contributed by atoms with van der Waals surface area (Å²) >= 11 is 0. The van der Waals surface area contributed by atoms with Crippen LogP contribution in [0.4, 0.5) is 0 Å². The van der Waals surface area contributed by atoms with E-state index in [2.05, 4.69) is 6.92 Å². The Hall–Kier alpha value is -0.370. The van der Waals surface area contributed by atoms with Crippen LogP contribution in [0, 0.1) is 0 Å². The molecular formula is C16H33NO. The highest BCUT2D eigenvalue weighted by molar-refractivity contribution is 5.50. The van der Waals surface area contributed by atoms with Gasteiger partial charge in [-0.15, -0.1) is 0 Å². The van der Waals surface area contributed by atoms with Crippen molar-refractivity contribution in [2.75, 3.05) is 0 Å². The molecule has 0 spiro atoms. The molecule has 0 aliphatic rings. The molecule has 0 aliphatic carbocycles. The summed E-state index contributed by atoms with van der Waals surface area (Å²) < 4.78 is 0. The zero-order valence-corrected chi connectivity index (χ0v) is 12.3. The van der Waals surface area contributed by atoms with Crippen molar-refractivity contribution in [3.05, 3.63) is 0 Å². The van der Waals surface area contributed by atoms with Gasteiger partial charge in [-0.05, 0) is 6.42 Å². The van der Waals surface area contributed by atoms with Gasteiger partial charge in [-0.1, -0.05) is 77.6 Å². The van der Waals surface area contributed by atoms with Gasteiger partial charge in [0.15, 0.2) is 0 Å². The lowest BCUT2D eigenvalue weighted by molar-refractivity contribution is -0.108. The van der Waals surface area contributed by atoms with E-state index in [1.807, 2.05) is 0 Å². The Morgan fingerprint density at radius 1 is 0.833 bits per heavy atom. The molecule has 1 atom stereocenters. The number of carbonyl (C=O) groups is 1. The fraction of sp³-hybridized carbons (Fsp3) is 0.938. The monoisotopic (exact) mass is 255 g/mol. The quantitative estimate of drug-likeness (QED) is 0.364. The van der Waals surface area contributed by atoms with E-state index in [9.17, 15) is 4.79 Å². The number of hydrogen-bond acceptors (Lipinski definition) is 2. The summed E-state index contributed by atoms with van der Waals surface area (Å²) in [6.45, 7) is 2.26. The van der Waals surface area contributed by atoms with Crippen LogP contribution >= 0.6 is 0 Å². The molecule has 0 aromatic heterocycles. The highest BCUT2D eigenvalue weighted by Gasteiger charge is 2.00. The summed E-state index contributed by atoms with van der Waals surface area (Å²) in [5.41, 5.74) is 5.77. The third kappa shape index (κ3) is 13.7. The molecule has 18 heavy (non-hydrogen) atoms. The van der Waals surface area contributed by atoms with E-state index in [-0.39, 0.29) is 6.04 Å². The van der Waals surface area contributed by atoms with Crippen LogP contribution in [0.3, 0.4) is 0 Å². The second kappa shape index (κ2) is 14.7. The predicted octanol–water partition coefficient (Wildman–Crippen LogP) is 4.60.